The van der Waals surface area contributed by atoms with E-state index in [1.165, 1.54) is 3.97 Å². The van der Waals surface area contributed by atoms with Gasteiger partial charge in [-0.15, -0.1) is 0 Å². The maximum atomic E-state index is 13.5. The first-order chi connectivity index (χ1) is 16.9. The summed E-state index contributed by atoms with van der Waals surface area (Å²) < 4.78 is 39.3. The maximum Gasteiger partial charge on any atom is 0.407 e. The number of nitrogens with zero attached hydrogens (tertiary/aromatic N) is 1. The van der Waals surface area contributed by atoms with Crippen molar-refractivity contribution in [1.82, 2.24) is 9.29 Å². The maximum absolute atomic E-state index is 13.5. The average molecular weight is 491 g/mol. The summed E-state index contributed by atoms with van der Waals surface area (Å²) in [6, 6.07) is 21.5. The lowest BCUT2D eigenvalue weighted by molar-refractivity contribution is 0.139. The molecule has 7 nitrogen and oxygen atoms in total. The fourth-order valence-electron chi connectivity index (χ4n) is 4.34. The molecule has 0 unspecified atom stereocenters. The molecule has 1 N–H and O–H groups in total. The molecule has 0 radical (unpaired) electrons. The molecule has 180 valence electrons. The number of methoxy groups -OCH3 is 1. The Hall–Kier alpha value is -3.78. The van der Waals surface area contributed by atoms with Crippen LogP contribution in [0.3, 0.4) is 0 Å². The molecule has 0 aliphatic heterocycles. The van der Waals surface area contributed by atoms with Crippen LogP contribution in [0.25, 0.3) is 10.9 Å². The Bertz CT molecular complexity index is 1480. The van der Waals surface area contributed by atoms with Crippen LogP contribution in [0.15, 0.2) is 83.9 Å². The molecule has 8 heteroatoms. The number of aryl methyl sites for hydroxylation is 1. The lowest BCUT2D eigenvalue weighted by Crippen LogP contribution is -2.27. The summed E-state index contributed by atoms with van der Waals surface area (Å²) in [6.07, 6.45) is 1.84. The average Bonchev–Trinajstić information content (AvgIpc) is 3.50. The number of benzene rings is 3. The van der Waals surface area contributed by atoms with Crippen molar-refractivity contribution in [2.45, 2.75) is 36.8 Å². The predicted octanol–water partition coefficient (Wildman–Crippen LogP) is 4.98. The highest BCUT2D eigenvalue weighted by molar-refractivity contribution is 7.90. The summed E-state index contributed by atoms with van der Waals surface area (Å²) in [7, 11) is -2.26. The zero-order valence-corrected chi connectivity index (χ0v) is 20.3. The van der Waals surface area contributed by atoms with Gasteiger partial charge in [0.2, 0.25) is 0 Å². The molecule has 1 heterocycles. The van der Waals surface area contributed by atoms with E-state index < -0.39 is 16.1 Å². The number of hydrogen-bond acceptors (Lipinski definition) is 5. The first-order valence-corrected chi connectivity index (χ1v) is 12.8. The van der Waals surface area contributed by atoms with E-state index in [4.69, 9.17) is 9.47 Å². The molecular weight excluding hydrogens is 464 g/mol. The molecule has 1 fully saturated rings. The van der Waals surface area contributed by atoms with Gasteiger partial charge in [-0.25, -0.2) is 17.2 Å². The fraction of sp³-hybridized carbons (Fsp3) is 0.222. The highest BCUT2D eigenvalue weighted by atomic mass is 32.2. The van der Waals surface area contributed by atoms with Crippen molar-refractivity contribution in [1.29, 1.82) is 0 Å². The summed E-state index contributed by atoms with van der Waals surface area (Å²) in [4.78, 5) is 12.6. The third kappa shape index (κ3) is 4.49. The number of amides is 1. The van der Waals surface area contributed by atoms with E-state index in [0.29, 0.717) is 17.7 Å². The first kappa shape index (κ1) is 23.0. The predicted molar refractivity (Wildman–Crippen MR) is 133 cm³/mol. The van der Waals surface area contributed by atoms with Crippen molar-refractivity contribution in [2.24, 2.45) is 0 Å². The minimum Gasteiger partial charge on any atom is -0.496 e. The summed E-state index contributed by atoms with van der Waals surface area (Å²) in [6.45, 7) is 2.10. The number of alkyl carbamates (subject to hydrolysis) is 1. The van der Waals surface area contributed by atoms with E-state index in [0.717, 1.165) is 22.1 Å². The standard InChI is InChI=1S/C27H26N2O5S/c1-18-11-13-20(14-12-18)35(31,32)29-16-22(26-24(29)9-6-10-25(26)33-2)21-15-23(21)28-27(30)34-17-19-7-4-3-5-8-19/h3-14,16,21,23H,15,17H2,1-2H3,(H,28,30)/t21-,23+/m0/s1. The number of rotatable bonds is 7. The molecule has 35 heavy (non-hydrogen) atoms. The molecule has 1 aliphatic rings. The minimum absolute atomic E-state index is 0.0486. The van der Waals surface area contributed by atoms with E-state index in [2.05, 4.69) is 5.32 Å². The van der Waals surface area contributed by atoms with Crippen LogP contribution < -0.4 is 10.1 Å². The molecule has 1 aliphatic carbocycles. The molecule has 4 aromatic rings. The molecule has 0 saturated heterocycles. The second kappa shape index (κ2) is 9.11. The Balaban J connectivity index is 1.42. The Morgan fingerprint density at radius 3 is 2.49 bits per heavy atom. The fourth-order valence-corrected chi connectivity index (χ4v) is 5.71. The summed E-state index contributed by atoms with van der Waals surface area (Å²) in [5.41, 5.74) is 3.25. The zero-order chi connectivity index (χ0) is 24.6. The van der Waals surface area contributed by atoms with Gasteiger partial charge in [0.1, 0.15) is 12.4 Å². The van der Waals surface area contributed by atoms with Crippen LogP contribution in [-0.4, -0.2) is 31.6 Å². The van der Waals surface area contributed by atoms with Crippen molar-refractivity contribution >= 4 is 27.0 Å². The van der Waals surface area contributed by atoms with Gasteiger partial charge in [0.05, 0.1) is 17.5 Å². The van der Waals surface area contributed by atoms with Gasteiger partial charge in [0.15, 0.2) is 0 Å². The Kier molecular flexibility index (Phi) is 5.98. The van der Waals surface area contributed by atoms with Crippen LogP contribution in [0.5, 0.6) is 5.75 Å². The number of carbonyl (C=O) groups is 1. The Morgan fingerprint density at radius 2 is 1.77 bits per heavy atom. The second-order valence-electron chi connectivity index (χ2n) is 8.71. The number of carbonyl (C=O) groups excluding carboxylic acids is 1. The third-order valence-corrected chi connectivity index (χ3v) is 7.98. The molecule has 5 rings (SSSR count). The van der Waals surface area contributed by atoms with Crippen molar-refractivity contribution in [3.05, 3.63) is 95.7 Å². The van der Waals surface area contributed by atoms with Crippen molar-refractivity contribution in [2.75, 3.05) is 7.11 Å². The summed E-state index contributed by atoms with van der Waals surface area (Å²) in [5.74, 6) is 0.542. The van der Waals surface area contributed by atoms with Crippen LogP contribution in [0.4, 0.5) is 4.79 Å². The molecule has 0 spiro atoms. The number of ether oxygens (including phenoxy) is 2. The number of nitrogens with one attached hydrogen (secondary N) is 1. The van der Waals surface area contributed by atoms with Gasteiger partial charge in [-0.1, -0.05) is 54.1 Å². The van der Waals surface area contributed by atoms with Gasteiger partial charge in [0, 0.05) is 23.5 Å². The van der Waals surface area contributed by atoms with Gasteiger partial charge in [-0.05, 0) is 48.7 Å². The van der Waals surface area contributed by atoms with E-state index in [1.54, 1.807) is 49.7 Å². The minimum atomic E-state index is -3.82. The van der Waals surface area contributed by atoms with Gasteiger partial charge in [-0.2, -0.15) is 0 Å². The Morgan fingerprint density at radius 1 is 1.03 bits per heavy atom. The van der Waals surface area contributed by atoms with Crippen molar-refractivity contribution < 1.29 is 22.7 Å². The van der Waals surface area contributed by atoms with E-state index >= 15 is 0 Å². The van der Waals surface area contributed by atoms with Crippen molar-refractivity contribution in [3.63, 3.8) is 0 Å². The highest BCUT2D eigenvalue weighted by Crippen LogP contribution is 2.47. The first-order valence-electron chi connectivity index (χ1n) is 11.4. The highest BCUT2D eigenvalue weighted by Gasteiger charge is 2.43. The molecule has 3 aromatic carbocycles. The third-order valence-electron chi connectivity index (χ3n) is 6.29. The van der Waals surface area contributed by atoms with Crippen molar-refractivity contribution in [3.8, 4) is 5.75 Å². The van der Waals surface area contributed by atoms with Crippen LogP contribution >= 0.6 is 0 Å². The number of aromatic nitrogens is 1. The van der Waals surface area contributed by atoms with Gasteiger partial charge < -0.3 is 14.8 Å². The number of fused-ring (bicyclic) bond motifs is 1. The summed E-state index contributed by atoms with van der Waals surface area (Å²) >= 11 is 0. The SMILES string of the molecule is COc1cccc2c1c([C@@H]1C[C@H]1NC(=O)OCc1ccccc1)cn2S(=O)(=O)c1ccc(C)cc1. The van der Waals surface area contributed by atoms with E-state index in [9.17, 15) is 13.2 Å². The normalized spacial score (nSPS) is 17.2. The van der Waals surface area contributed by atoms with E-state index in [-0.39, 0.29) is 23.5 Å². The molecule has 1 saturated carbocycles. The molecule has 1 aromatic heterocycles. The van der Waals surface area contributed by atoms with Gasteiger partial charge in [-0.3, -0.25) is 0 Å². The lowest BCUT2D eigenvalue weighted by Gasteiger charge is -2.08. The Labute approximate surface area is 204 Å². The monoisotopic (exact) mass is 490 g/mol. The topological polar surface area (TPSA) is 86.6 Å². The molecular formula is C27H26N2O5S. The van der Waals surface area contributed by atoms with Crippen LogP contribution in [0.1, 0.15) is 29.0 Å². The summed E-state index contributed by atoms with van der Waals surface area (Å²) in [5, 5.41) is 3.63. The van der Waals surface area contributed by atoms with E-state index in [1.807, 2.05) is 43.3 Å². The van der Waals surface area contributed by atoms with Crippen LogP contribution in [0, 0.1) is 6.92 Å². The lowest BCUT2D eigenvalue weighted by atomic mass is 10.1. The largest absolute Gasteiger partial charge is 0.496 e. The van der Waals surface area contributed by atoms with Gasteiger partial charge in [0.25, 0.3) is 10.0 Å². The molecule has 0 bridgehead atoms. The smallest absolute Gasteiger partial charge is 0.407 e. The second-order valence-corrected chi connectivity index (χ2v) is 10.5. The van der Waals surface area contributed by atoms with Crippen LogP contribution in [-0.2, 0) is 21.4 Å². The van der Waals surface area contributed by atoms with Gasteiger partial charge >= 0.3 is 6.09 Å². The zero-order valence-electron chi connectivity index (χ0n) is 19.5. The quantitative estimate of drug-likeness (QED) is 0.395. The molecule has 2 atom stereocenters. The van der Waals surface area contributed by atoms with Crippen LogP contribution in [0.2, 0.25) is 0 Å². The molecule has 1 amide bonds. The number of hydrogen-bond donors (Lipinski definition) is 1.